The topological polar surface area (TPSA) is 103 Å². The Bertz CT molecular complexity index is 449. The van der Waals surface area contributed by atoms with Gasteiger partial charge in [0.05, 0.1) is 15.4 Å². The summed E-state index contributed by atoms with van der Waals surface area (Å²) in [5.74, 6) is -0.705. The van der Waals surface area contributed by atoms with E-state index >= 15 is 0 Å². The Morgan fingerprint density at radius 2 is 2.27 bits per heavy atom. The van der Waals surface area contributed by atoms with E-state index in [-0.39, 0.29) is 15.4 Å². The van der Waals surface area contributed by atoms with Gasteiger partial charge in [0.1, 0.15) is 0 Å². The molecule has 1 aromatic rings. The van der Waals surface area contributed by atoms with E-state index in [0.29, 0.717) is 6.29 Å². The van der Waals surface area contributed by atoms with Crippen LogP contribution in [0.5, 0.6) is 0 Å². The van der Waals surface area contributed by atoms with Crippen molar-refractivity contribution < 1.29 is 14.5 Å². The minimum absolute atomic E-state index is 0.186. The molecule has 0 aromatic carbocycles. The molecule has 2 N–H and O–H groups in total. The number of hydrogen-bond donors (Lipinski definition) is 1. The average molecular weight is 226 g/mol. The number of nitrogens with zero attached hydrogens (tertiary/aromatic N) is 1. The van der Waals surface area contributed by atoms with E-state index in [4.69, 9.17) is 5.73 Å². The molecule has 0 saturated carbocycles. The Morgan fingerprint density at radius 1 is 1.60 bits per heavy atom. The molecule has 1 heterocycles. The molecule has 0 bridgehead atoms. The molecule has 78 valence electrons. The van der Waals surface area contributed by atoms with E-state index in [1.165, 1.54) is 12.1 Å². The Labute approximate surface area is 88.2 Å². The molecule has 0 spiro atoms. The van der Waals surface area contributed by atoms with Crippen molar-refractivity contribution in [2.75, 3.05) is 0 Å². The SMILES string of the molecule is NC(=O)C=Cc1cc(C=O)sc1[N+](=O)[O-]. The summed E-state index contributed by atoms with van der Waals surface area (Å²) in [6.07, 6.45) is 2.73. The van der Waals surface area contributed by atoms with Crippen LogP contribution in [0.1, 0.15) is 15.2 Å². The monoisotopic (exact) mass is 226 g/mol. The zero-order valence-corrected chi connectivity index (χ0v) is 8.19. The first-order valence-corrected chi connectivity index (χ1v) is 4.57. The maximum absolute atomic E-state index is 10.5. The van der Waals surface area contributed by atoms with Crippen LogP contribution in [0.4, 0.5) is 5.00 Å². The number of hydrogen-bond acceptors (Lipinski definition) is 5. The van der Waals surface area contributed by atoms with Crippen molar-refractivity contribution in [1.29, 1.82) is 0 Å². The molecule has 1 amide bonds. The molecule has 0 aliphatic rings. The molecule has 6 nitrogen and oxygen atoms in total. The molecule has 0 saturated heterocycles. The first kappa shape index (κ1) is 11.1. The van der Waals surface area contributed by atoms with E-state index in [0.717, 1.165) is 17.4 Å². The first-order chi connectivity index (χ1) is 7.04. The van der Waals surface area contributed by atoms with Gasteiger partial charge in [-0.25, -0.2) is 0 Å². The smallest absolute Gasteiger partial charge is 0.331 e. The summed E-state index contributed by atoms with van der Waals surface area (Å²) >= 11 is 0.749. The summed E-state index contributed by atoms with van der Waals surface area (Å²) in [6.45, 7) is 0. The van der Waals surface area contributed by atoms with Crippen LogP contribution in [0.25, 0.3) is 6.08 Å². The molecule has 1 rings (SSSR count). The van der Waals surface area contributed by atoms with Gasteiger partial charge >= 0.3 is 5.00 Å². The maximum atomic E-state index is 10.5. The van der Waals surface area contributed by atoms with Gasteiger partial charge in [-0.05, 0) is 12.1 Å². The highest BCUT2D eigenvalue weighted by Crippen LogP contribution is 2.30. The highest BCUT2D eigenvalue weighted by molar-refractivity contribution is 7.17. The van der Waals surface area contributed by atoms with Crippen LogP contribution in [0.15, 0.2) is 12.1 Å². The van der Waals surface area contributed by atoms with Crippen LogP contribution in [0, 0.1) is 10.1 Å². The van der Waals surface area contributed by atoms with Crippen molar-refractivity contribution in [3.63, 3.8) is 0 Å². The van der Waals surface area contributed by atoms with Crippen molar-refractivity contribution in [2.24, 2.45) is 5.73 Å². The van der Waals surface area contributed by atoms with Gasteiger partial charge < -0.3 is 5.73 Å². The van der Waals surface area contributed by atoms with Crippen molar-refractivity contribution in [3.8, 4) is 0 Å². The molecule has 1 aromatic heterocycles. The van der Waals surface area contributed by atoms with Crippen molar-refractivity contribution in [2.45, 2.75) is 0 Å². The van der Waals surface area contributed by atoms with Gasteiger partial charge in [-0.2, -0.15) is 0 Å². The fraction of sp³-hybridized carbons (Fsp3) is 0. The zero-order valence-electron chi connectivity index (χ0n) is 7.38. The molecule has 0 fully saturated rings. The van der Waals surface area contributed by atoms with E-state index < -0.39 is 10.8 Å². The number of primary amides is 1. The fourth-order valence-electron chi connectivity index (χ4n) is 0.907. The lowest BCUT2D eigenvalue weighted by molar-refractivity contribution is -0.380. The third kappa shape index (κ3) is 2.71. The summed E-state index contributed by atoms with van der Waals surface area (Å²) in [5, 5.41) is 10.4. The normalized spacial score (nSPS) is 10.4. The van der Waals surface area contributed by atoms with Gasteiger partial charge in [0, 0.05) is 6.08 Å². The molecule has 0 aliphatic heterocycles. The summed E-state index contributed by atoms with van der Waals surface area (Å²) in [5.41, 5.74) is 5.04. The van der Waals surface area contributed by atoms with E-state index in [2.05, 4.69) is 0 Å². The third-order valence-corrected chi connectivity index (χ3v) is 2.50. The third-order valence-electron chi connectivity index (χ3n) is 1.47. The van der Waals surface area contributed by atoms with Gasteiger partial charge in [-0.15, -0.1) is 0 Å². The second kappa shape index (κ2) is 4.47. The van der Waals surface area contributed by atoms with Gasteiger partial charge in [-0.1, -0.05) is 11.3 Å². The highest BCUT2D eigenvalue weighted by atomic mass is 32.1. The van der Waals surface area contributed by atoms with Crippen LogP contribution < -0.4 is 5.73 Å². The maximum Gasteiger partial charge on any atom is 0.331 e. The second-order valence-corrected chi connectivity index (χ2v) is 3.58. The zero-order chi connectivity index (χ0) is 11.4. The predicted octanol–water partition coefficient (Wildman–Crippen LogP) is 0.967. The number of nitrogens with two attached hydrogens (primary N) is 1. The van der Waals surface area contributed by atoms with Crippen LogP contribution in [0.2, 0.25) is 0 Å². The first-order valence-electron chi connectivity index (χ1n) is 3.75. The quantitative estimate of drug-likeness (QED) is 0.357. The number of aldehydes is 1. The largest absolute Gasteiger partial charge is 0.366 e. The lowest BCUT2D eigenvalue weighted by Crippen LogP contribution is -2.05. The minimum Gasteiger partial charge on any atom is -0.366 e. The van der Waals surface area contributed by atoms with E-state index in [1.54, 1.807) is 0 Å². The van der Waals surface area contributed by atoms with Crippen LogP contribution in [-0.4, -0.2) is 17.1 Å². The number of carbonyl (C=O) groups excluding carboxylic acids is 2. The number of carbonyl (C=O) groups is 2. The number of nitro groups is 1. The summed E-state index contributed by atoms with van der Waals surface area (Å²) < 4.78 is 0. The standard InChI is InChI=1S/C8H6N2O4S/c9-7(12)2-1-5-3-6(4-11)15-8(5)10(13)14/h1-4H,(H2,9,12). The Morgan fingerprint density at radius 3 is 2.73 bits per heavy atom. The number of amides is 1. The van der Waals surface area contributed by atoms with Crippen LogP contribution in [0.3, 0.4) is 0 Å². The molecule has 7 heteroatoms. The molecule has 0 atom stereocenters. The lowest BCUT2D eigenvalue weighted by Gasteiger charge is -1.86. The van der Waals surface area contributed by atoms with Crippen molar-refractivity contribution in [1.82, 2.24) is 0 Å². The molecule has 0 radical (unpaired) electrons. The number of rotatable bonds is 4. The van der Waals surface area contributed by atoms with Crippen LogP contribution >= 0.6 is 11.3 Å². The van der Waals surface area contributed by atoms with E-state index in [1.807, 2.05) is 0 Å². The Hall–Kier alpha value is -2.02. The van der Waals surface area contributed by atoms with Crippen molar-refractivity contribution >= 4 is 34.6 Å². The fourth-order valence-corrected chi connectivity index (χ4v) is 1.68. The molecule has 15 heavy (non-hydrogen) atoms. The summed E-state index contributed by atoms with van der Waals surface area (Å²) in [6, 6.07) is 1.33. The molecule has 0 aliphatic carbocycles. The van der Waals surface area contributed by atoms with Crippen LogP contribution in [-0.2, 0) is 4.79 Å². The summed E-state index contributed by atoms with van der Waals surface area (Å²) in [4.78, 5) is 31.0. The van der Waals surface area contributed by atoms with Gasteiger partial charge in [-0.3, -0.25) is 19.7 Å². The summed E-state index contributed by atoms with van der Waals surface area (Å²) in [7, 11) is 0. The molecular formula is C8H6N2O4S. The number of thiophene rings is 1. The Kier molecular flexibility index (Phi) is 3.29. The molecule has 0 unspecified atom stereocenters. The second-order valence-electron chi connectivity index (χ2n) is 2.52. The van der Waals surface area contributed by atoms with Gasteiger partial charge in [0.15, 0.2) is 6.29 Å². The molecular weight excluding hydrogens is 220 g/mol. The predicted molar refractivity (Wildman–Crippen MR) is 54.6 cm³/mol. The average Bonchev–Trinajstić information content (AvgIpc) is 2.57. The Balaban J connectivity index is 3.14. The van der Waals surface area contributed by atoms with Gasteiger partial charge in [0.2, 0.25) is 5.91 Å². The van der Waals surface area contributed by atoms with Crippen molar-refractivity contribution in [3.05, 3.63) is 32.7 Å². The van der Waals surface area contributed by atoms with Gasteiger partial charge in [0.25, 0.3) is 0 Å². The van der Waals surface area contributed by atoms with E-state index in [9.17, 15) is 19.7 Å². The minimum atomic E-state index is -0.705. The lowest BCUT2D eigenvalue weighted by atomic mass is 10.2. The highest BCUT2D eigenvalue weighted by Gasteiger charge is 2.16.